The van der Waals surface area contributed by atoms with Crippen molar-refractivity contribution in [1.29, 1.82) is 0 Å². The van der Waals surface area contributed by atoms with Crippen LogP contribution in [0.2, 0.25) is 0 Å². The molecule has 2 heterocycles. The van der Waals surface area contributed by atoms with Crippen LogP contribution in [-0.4, -0.2) is 55.4 Å². The summed E-state index contributed by atoms with van der Waals surface area (Å²) in [7, 11) is 0. The second kappa shape index (κ2) is 5.97. The van der Waals surface area contributed by atoms with Gasteiger partial charge in [-0.15, -0.1) is 0 Å². The van der Waals surface area contributed by atoms with Crippen LogP contribution >= 0.6 is 0 Å². The largest absolute Gasteiger partial charge is 0.379 e. The molecule has 1 N–H and O–H groups in total. The topological polar surface area (TPSA) is 67.6 Å². The Kier molecular flexibility index (Phi) is 4.33. The average Bonchev–Trinajstić information content (AvgIpc) is 2.71. The minimum absolute atomic E-state index is 0.169. The van der Waals surface area contributed by atoms with E-state index in [1.165, 1.54) is 0 Å². The van der Waals surface area contributed by atoms with Crippen molar-refractivity contribution < 1.29 is 14.1 Å². The molecule has 1 saturated heterocycles. The van der Waals surface area contributed by atoms with Crippen molar-refractivity contribution in [3.05, 3.63) is 17.0 Å². The van der Waals surface area contributed by atoms with E-state index in [2.05, 4.69) is 15.4 Å². The zero-order valence-corrected chi connectivity index (χ0v) is 10.9. The molecule has 1 aromatic heterocycles. The van der Waals surface area contributed by atoms with E-state index in [0.29, 0.717) is 18.0 Å². The van der Waals surface area contributed by atoms with Gasteiger partial charge in [-0.2, -0.15) is 0 Å². The molecule has 6 heteroatoms. The first kappa shape index (κ1) is 13.0. The molecule has 0 radical (unpaired) electrons. The van der Waals surface area contributed by atoms with Crippen LogP contribution in [0.1, 0.15) is 21.8 Å². The molecule has 6 nitrogen and oxygen atoms in total. The molecular weight excluding hydrogens is 234 g/mol. The highest BCUT2D eigenvalue weighted by molar-refractivity contribution is 5.93. The molecule has 18 heavy (non-hydrogen) atoms. The van der Waals surface area contributed by atoms with Gasteiger partial charge in [-0.3, -0.25) is 9.69 Å². The number of rotatable bonds is 4. The highest BCUT2D eigenvalue weighted by atomic mass is 16.5. The molecule has 0 atom stereocenters. The lowest BCUT2D eigenvalue weighted by atomic mass is 10.2. The normalized spacial score (nSPS) is 16.8. The summed E-state index contributed by atoms with van der Waals surface area (Å²) in [5.41, 5.74) is 1.19. The van der Waals surface area contributed by atoms with Crippen LogP contribution in [0, 0.1) is 13.8 Å². The maximum Gasteiger partial charge on any atom is 0.273 e. The van der Waals surface area contributed by atoms with Gasteiger partial charge in [-0.1, -0.05) is 5.16 Å². The molecule has 0 aliphatic carbocycles. The van der Waals surface area contributed by atoms with E-state index in [4.69, 9.17) is 9.26 Å². The van der Waals surface area contributed by atoms with Crippen LogP contribution in [0.4, 0.5) is 0 Å². The van der Waals surface area contributed by atoms with Crippen molar-refractivity contribution in [3.8, 4) is 0 Å². The third-order valence-corrected chi connectivity index (χ3v) is 3.19. The van der Waals surface area contributed by atoms with Gasteiger partial charge in [0.2, 0.25) is 0 Å². The van der Waals surface area contributed by atoms with Crippen molar-refractivity contribution in [2.24, 2.45) is 0 Å². The Hall–Kier alpha value is -1.40. The number of morpholine rings is 1. The summed E-state index contributed by atoms with van der Waals surface area (Å²) in [6.07, 6.45) is 0. The Labute approximate surface area is 106 Å². The third kappa shape index (κ3) is 3.08. The van der Waals surface area contributed by atoms with Crippen molar-refractivity contribution in [1.82, 2.24) is 15.4 Å². The van der Waals surface area contributed by atoms with E-state index in [-0.39, 0.29) is 5.91 Å². The van der Waals surface area contributed by atoms with Gasteiger partial charge in [-0.25, -0.2) is 0 Å². The zero-order chi connectivity index (χ0) is 13.0. The minimum atomic E-state index is -0.169. The van der Waals surface area contributed by atoms with E-state index < -0.39 is 0 Å². The summed E-state index contributed by atoms with van der Waals surface area (Å²) >= 11 is 0. The predicted octanol–water partition coefficient (Wildman–Crippen LogP) is 0.353. The Morgan fingerprint density at radius 1 is 1.39 bits per heavy atom. The lowest BCUT2D eigenvalue weighted by Gasteiger charge is -2.26. The molecule has 100 valence electrons. The first-order valence-corrected chi connectivity index (χ1v) is 6.19. The van der Waals surface area contributed by atoms with E-state index in [1.807, 2.05) is 6.92 Å². The van der Waals surface area contributed by atoms with Crippen molar-refractivity contribution in [2.75, 3.05) is 39.4 Å². The Balaban J connectivity index is 1.76. The minimum Gasteiger partial charge on any atom is -0.379 e. The number of nitrogens with zero attached hydrogens (tertiary/aromatic N) is 2. The summed E-state index contributed by atoms with van der Waals surface area (Å²) in [5.74, 6) is 0.519. The van der Waals surface area contributed by atoms with E-state index in [1.54, 1.807) is 6.92 Å². The fourth-order valence-corrected chi connectivity index (χ4v) is 1.87. The van der Waals surface area contributed by atoms with Crippen LogP contribution in [0.3, 0.4) is 0 Å². The summed E-state index contributed by atoms with van der Waals surface area (Å²) in [5, 5.41) is 6.62. The van der Waals surface area contributed by atoms with Crippen LogP contribution in [0.25, 0.3) is 0 Å². The average molecular weight is 253 g/mol. The van der Waals surface area contributed by atoms with Gasteiger partial charge >= 0.3 is 0 Å². The van der Waals surface area contributed by atoms with Gasteiger partial charge in [0.1, 0.15) is 5.76 Å². The highest BCUT2D eigenvalue weighted by Gasteiger charge is 2.16. The van der Waals surface area contributed by atoms with E-state index in [0.717, 1.165) is 38.4 Å². The van der Waals surface area contributed by atoms with Crippen LogP contribution in [0.15, 0.2) is 4.52 Å². The summed E-state index contributed by atoms with van der Waals surface area (Å²) < 4.78 is 10.2. The molecule has 1 aromatic rings. The summed E-state index contributed by atoms with van der Waals surface area (Å²) in [6.45, 7) is 8.49. The number of carbonyl (C=O) groups excluding carboxylic acids is 1. The molecule has 0 spiro atoms. The monoisotopic (exact) mass is 253 g/mol. The molecule has 1 amide bonds. The Bertz CT molecular complexity index is 411. The first-order chi connectivity index (χ1) is 8.68. The van der Waals surface area contributed by atoms with Crippen LogP contribution in [0.5, 0.6) is 0 Å². The van der Waals surface area contributed by atoms with Crippen molar-refractivity contribution >= 4 is 5.91 Å². The predicted molar refractivity (Wildman–Crippen MR) is 65.6 cm³/mol. The smallest absolute Gasteiger partial charge is 0.273 e. The number of carbonyl (C=O) groups is 1. The maximum atomic E-state index is 11.8. The number of aromatic nitrogens is 1. The number of aryl methyl sites for hydroxylation is 1. The van der Waals surface area contributed by atoms with Gasteiger partial charge in [0, 0.05) is 31.7 Å². The molecule has 0 unspecified atom stereocenters. The summed E-state index contributed by atoms with van der Waals surface area (Å²) in [6, 6.07) is 0. The maximum absolute atomic E-state index is 11.8. The molecule has 0 bridgehead atoms. The molecule has 1 fully saturated rings. The summed E-state index contributed by atoms with van der Waals surface area (Å²) in [4.78, 5) is 14.1. The molecular formula is C12H19N3O3. The first-order valence-electron chi connectivity index (χ1n) is 6.19. The third-order valence-electron chi connectivity index (χ3n) is 3.19. The van der Waals surface area contributed by atoms with Crippen LogP contribution in [-0.2, 0) is 4.74 Å². The molecule has 0 aromatic carbocycles. The number of nitrogens with one attached hydrogen (secondary N) is 1. The van der Waals surface area contributed by atoms with Gasteiger partial charge in [0.15, 0.2) is 5.69 Å². The molecule has 1 aliphatic rings. The van der Waals surface area contributed by atoms with Crippen molar-refractivity contribution in [3.63, 3.8) is 0 Å². The van der Waals surface area contributed by atoms with Gasteiger partial charge in [-0.05, 0) is 13.8 Å². The second-order valence-electron chi connectivity index (χ2n) is 4.42. The number of hydrogen-bond donors (Lipinski definition) is 1. The van der Waals surface area contributed by atoms with Crippen molar-refractivity contribution in [2.45, 2.75) is 13.8 Å². The fraction of sp³-hybridized carbons (Fsp3) is 0.667. The molecule has 2 rings (SSSR count). The standard InChI is InChI=1S/C12H19N3O3/c1-9-10(2)18-14-11(9)12(16)13-3-4-15-5-7-17-8-6-15/h3-8H2,1-2H3,(H,13,16). The SMILES string of the molecule is Cc1onc(C(=O)NCCN2CCOCC2)c1C. The van der Waals surface area contributed by atoms with E-state index >= 15 is 0 Å². The Morgan fingerprint density at radius 2 is 2.11 bits per heavy atom. The Morgan fingerprint density at radius 3 is 2.72 bits per heavy atom. The number of amides is 1. The molecule has 1 aliphatic heterocycles. The lowest BCUT2D eigenvalue weighted by molar-refractivity contribution is 0.0383. The zero-order valence-electron chi connectivity index (χ0n) is 10.9. The fourth-order valence-electron chi connectivity index (χ4n) is 1.87. The molecule has 0 saturated carbocycles. The quantitative estimate of drug-likeness (QED) is 0.839. The second-order valence-corrected chi connectivity index (χ2v) is 4.42. The van der Waals surface area contributed by atoms with E-state index in [9.17, 15) is 4.79 Å². The van der Waals surface area contributed by atoms with Gasteiger partial charge < -0.3 is 14.6 Å². The number of hydrogen-bond acceptors (Lipinski definition) is 5. The van der Waals surface area contributed by atoms with Crippen LogP contribution < -0.4 is 5.32 Å². The lowest BCUT2D eigenvalue weighted by Crippen LogP contribution is -2.41. The van der Waals surface area contributed by atoms with Gasteiger partial charge in [0.05, 0.1) is 13.2 Å². The van der Waals surface area contributed by atoms with Gasteiger partial charge in [0.25, 0.3) is 5.91 Å². The number of ether oxygens (including phenoxy) is 1. The highest BCUT2D eigenvalue weighted by Crippen LogP contribution is 2.10.